The van der Waals surface area contributed by atoms with E-state index in [2.05, 4.69) is 15.0 Å². The predicted octanol–water partition coefficient (Wildman–Crippen LogP) is 2.08. The first-order chi connectivity index (χ1) is 14.7. The standard InChI is InChI=1S/C22H19N5O3/c28-21(17-12-23-9-10-25-17)27-14-16-11-19(27)22(29)26(13-15-5-3-4-8-24-15)18-6-1-2-7-20(18)30-16/h1-10,12,16,19H,11,13-14H2. The molecule has 2 aliphatic rings. The van der Waals surface area contributed by atoms with Crippen molar-refractivity contribution in [2.45, 2.75) is 25.1 Å². The number of hydrogen-bond donors (Lipinski definition) is 0. The zero-order chi connectivity index (χ0) is 20.5. The third-order valence-electron chi connectivity index (χ3n) is 5.35. The van der Waals surface area contributed by atoms with Crippen LogP contribution >= 0.6 is 0 Å². The second-order valence-corrected chi connectivity index (χ2v) is 7.25. The summed E-state index contributed by atoms with van der Waals surface area (Å²) in [5, 5.41) is 0. The molecule has 0 spiro atoms. The van der Waals surface area contributed by atoms with Gasteiger partial charge in [-0.25, -0.2) is 4.98 Å². The second-order valence-electron chi connectivity index (χ2n) is 7.25. The lowest BCUT2D eigenvalue weighted by Gasteiger charge is -2.31. The Balaban J connectivity index is 1.53. The van der Waals surface area contributed by atoms with E-state index in [4.69, 9.17) is 4.74 Å². The molecule has 2 aromatic heterocycles. The van der Waals surface area contributed by atoms with Crippen LogP contribution in [-0.2, 0) is 11.3 Å². The number of rotatable bonds is 3. The summed E-state index contributed by atoms with van der Waals surface area (Å²) >= 11 is 0. The summed E-state index contributed by atoms with van der Waals surface area (Å²) in [7, 11) is 0. The first kappa shape index (κ1) is 18.2. The van der Waals surface area contributed by atoms with Crippen molar-refractivity contribution >= 4 is 17.5 Å². The predicted molar refractivity (Wildman–Crippen MR) is 108 cm³/mol. The number of carbonyl (C=O) groups is 2. The first-order valence-electron chi connectivity index (χ1n) is 9.74. The van der Waals surface area contributed by atoms with Crippen LogP contribution < -0.4 is 9.64 Å². The van der Waals surface area contributed by atoms with E-state index in [-0.39, 0.29) is 30.2 Å². The molecule has 5 rings (SSSR count). The maximum absolute atomic E-state index is 13.7. The smallest absolute Gasteiger partial charge is 0.274 e. The molecule has 2 amide bonds. The van der Waals surface area contributed by atoms with Gasteiger partial charge in [-0.05, 0) is 24.3 Å². The van der Waals surface area contributed by atoms with Crippen LogP contribution in [0.4, 0.5) is 5.69 Å². The lowest BCUT2D eigenvalue weighted by molar-refractivity contribution is -0.122. The molecule has 2 atom stereocenters. The van der Waals surface area contributed by atoms with Gasteiger partial charge in [-0.2, -0.15) is 0 Å². The lowest BCUT2D eigenvalue weighted by Crippen LogP contribution is -2.48. The van der Waals surface area contributed by atoms with Gasteiger partial charge in [0, 0.05) is 25.0 Å². The number of nitrogens with zero attached hydrogens (tertiary/aromatic N) is 5. The number of para-hydroxylation sites is 2. The minimum absolute atomic E-state index is 0.156. The molecule has 4 heterocycles. The van der Waals surface area contributed by atoms with E-state index in [1.54, 1.807) is 16.0 Å². The lowest BCUT2D eigenvalue weighted by atomic mass is 10.1. The Bertz CT molecular complexity index is 1080. The highest BCUT2D eigenvalue weighted by Gasteiger charge is 2.45. The van der Waals surface area contributed by atoms with Gasteiger partial charge in [-0.3, -0.25) is 19.6 Å². The average Bonchev–Trinajstić information content (AvgIpc) is 3.22. The van der Waals surface area contributed by atoms with Gasteiger partial charge < -0.3 is 14.5 Å². The van der Waals surface area contributed by atoms with Crippen molar-refractivity contribution < 1.29 is 14.3 Å². The van der Waals surface area contributed by atoms with Gasteiger partial charge >= 0.3 is 0 Å². The van der Waals surface area contributed by atoms with E-state index in [1.807, 2.05) is 42.5 Å². The van der Waals surface area contributed by atoms with Gasteiger partial charge in [0.2, 0.25) is 5.91 Å². The molecule has 2 bridgehead atoms. The maximum Gasteiger partial charge on any atom is 0.274 e. The van der Waals surface area contributed by atoms with Crippen molar-refractivity contribution in [2.24, 2.45) is 0 Å². The van der Waals surface area contributed by atoms with E-state index in [1.165, 1.54) is 18.6 Å². The molecule has 1 fully saturated rings. The molecule has 0 aliphatic carbocycles. The van der Waals surface area contributed by atoms with Crippen LogP contribution in [0.2, 0.25) is 0 Å². The number of aromatic nitrogens is 3. The third kappa shape index (κ3) is 3.26. The summed E-state index contributed by atoms with van der Waals surface area (Å²) in [5.74, 6) is 0.145. The van der Waals surface area contributed by atoms with Gasteiger partial charge in [-0.1, -0.05) is 18.2 Å². The fourth-order valence-electron chi connectivity index (χ4n) is 3.97. The Kier molecular flexibility index (Phi) is 4.59. The quantitative estimate of drug-likeness (QED) is 0.668. The molecular weight excluding hydrogens is 382 g/mol. The van der Waals surface area contributed by atoms with E-state index >= 15 is 0 Å². The van der Waals surface area contributed by atoms with Crippen molar-refractivity contribution in [3.8, 4) is 5.75 Å². The second kappa shape index (κ2) is 7.55. The Hall–Kier alpha value is -3.81. The fourth-order valence-corrected chi connectivity index (χ4v) is 3.97. The SMILES string of the molecule is O=C1C2CC(CN2C(=O)c2cnccn2)Oc2ccccc2N1Cc1ccccn1. The molecule has 2 unspecified atom stereocenters. The highest BCUT2D eigenvalue weighted by atomic mass is 16.5. The van der Waals surface area contributed by atoms with E-state index < -0.39 is 6.04 Å². The molecule has 0 saturated carbocycles. The van der Waals surface area contributed by atoms with Crippen LogP contribution in [0.3, 0.4) is 0 Å². The van der Waals surface area contributed by atoms with Crippen molar-refractivity contribution in [3.63, 3.8) is 0 Å². The summed E-state index contributed by atoms with van der Waals surface area (Å²) in [6, 6.07) is 12.4. The number of carbonyl (C=O) groups excluding carboxylic acids is 2. The van der Waals surface area contributed by atoms with Gasteiger partial charge in [0.1, 0.15) is 23.6 Å². The van der Waals surface area contributed by atoms with Crippen LogP contribution in [0.15, 0.2) is 67.3 Å². The molecule has 0 radical (unpaired) electrons. The van der Waals surface area contributed by atoms with Crippen LogP contribution in [0.25, 0.3) is 0 Å². The average molecular weight is 401 g/mol. The number of pyridine rings is 1. The van der Waals surface area contributed by atoms with Crippen LogP contribution in [0.1, 0.15) is 22.6 Å². The molecule has 1 aromatic carbocycles. The van der Waals surface area contributed by atoms with E-state index in [0.29, 0.717) is 24.4 Å². The highest BCUT2D eigenvalue weighted by Crippen LogP contribution is 2.37. The first-order valence-corrected chi connectivity index (χ1v) is 9.74. The fraction of sp³-hybridized carbons (Fsp3) is 0.227. The summed E-state index contributed by atoms with van der Waals surface area (Å²) in [6.07, 6.45) is 6.25. The van der Waals surface area contributed by atoms with E-state index in [9.17, 15) is 9.59 Å². The van der Waals surface area contributed by atoms with Gasteiger partial charge in [0.15, 0.2) is 0 Å². The van der Waals surface area contributed by atoms with Crippen molar-refractivity contribution in [3.05, 3.63) is 78.6 Å². The van der Waals surface area contributed by atoms with Crippen LogP contribution in [0.5, 0.6) is 5.75 Å². The largest absolute Gasteiger partial charge is 0.486 e. The number of hydrogen-bond acceptors (Lipinski definition) is 6. The summed E-state index contributed by atoms with van der Waals surface area (Å²) in [4.78, 5) is 42.4. The number of anilines is 1. The summed E-state index contributed by atoms with van der Waals surface area (Å²) < 4.78 is 6.22. The summed E-state index contributed by atoms with van der Waals surface area (Å²) in [6.45, 7) is 0.603. The Morgan fingerprint density at radius 1 is 1.07 bits per heavy atom. The molecule has 0 N–H and O–H groups in total. The number of fused-ring (bicyclic) bond motifs is 3. The van der Waals surface area contributed by atoms with Gasteiger partial charge in [-0.15, -0.1) is 0 Å². The monoisotopic (exact) mass is 401 g/mol. The number of benzene rings is 1. The molecule has 2 aliphatic heterocycles. The minimum atomic E-state index is -0.637. The Morgan fingerprint density at radius 3 is 2.73 bits per heavy atom. The third-order valence-corrected chi connectivity index (χ3v) is 5.35. The molecule has 8 nitrogen and oxygen atoms in total. The number of likely N-dealkylation sites (tertiary alicyclic amines) is 1. The van der Waals surface area contributed by atoms with Gasteiger partial charge in [0.05, 0.1) is 30.7 Å². The minimum Gasteiger partial charge on any atom is -0.486 e. The highest BCUT2D eigenvalue weighted by molar-refractivity contribution is 6.03. The topological polar surface area (TPSA) is 88.5 Å². The van der Waals surface area contributed by atoms with E-state index in [0.717, 1.165) is 5.69 Å². The summed E-state index contributed by atoms with van der Waals surface area (Å²) in [5.41, 5.74) is 1.64. The zero-order valence-corrected chi connectivity index (χ0v) is 16.1. The van der Waals surface area contributed by atoms with Crippen molar-refractivity contribution in [2.75, 3.05) is 11.4 Å². The molecule has 30 heavy (non-hydrogen) atoms. The number of amides is 2. The van der Waals surface area contributed by atoms with Crippen LogP contribution in [0, 0.1) is 0 Å². The van der Waals surface area contributed by atoms with Crippen molar-refractivity contribution in [1.82, 2.24) is 19.9 Å². The van der Waals surface area contributed by atoms with Crippen LogP contribution in [-0.4, -0.2) is 50.4 Å². The number of ether oxygens (including phenoxy) is 1. The molecule has 8 heteroatoms. The normalized spacial score (nSPS) is 20.2. The van der Waals surface area contributed by atoms with Crippen molar-refractivity contribution in [1.29, 1.82) is 0 Å². The zero-order valence-electron chi connectivity index (χ0n) is 16.1. The molecule has 1 saturated heterocycles. The van der Waals surface area contributed by atoms with Gasteiger partial charge in [0.25, 0.3) is 5.91 Å². The Labute approximate surface area is 173 Å². The Morgan fingerprint density at radius 2 is 1.93 bits per heavy atom. The molecule has 3 aromatic rings. The molecule has 150 valence electrons. The molecular formula is C22H19N5O3. The maximum atomic E-state index is 13.7.